The summed E-state index contributed by atoms with van der Waals surface area (Å²) in [6.07, 6.45) is 0. The molecular formula is C17H15N2O+. The predicted molar refractivity (Wildman–Crippen MR) is 81.0 cm³/mol. The molecule has 0 saturated carbocycles. The van der Waals surface area contributed by atoms with Gasteiger partial charge in [0.25, 0.3) is 5.65 Å². The normalized spacial score (nSPS) is 11.5. The summed E-state index contributed by atoms with van der Waals surface area (Å²) in [4.78, 5) is 3.50. The molecule has 3 nitrogen and oxygen atoms in total. The van der Waals surface area contributed by atoms with E-state index in [0.717, 1.165) is 16.9 Å². The number of nitrogens with one attached hydrogen (secondary N) is 1. The van der Waals surface area contributed by atoms with E-state index < -0.39 is 0 Å². The maximum Gasteiger partial charge on any atom is 0.287 e. The van der Waals surface area contributed by atoms with Gasteiger partial charge in [-0.25, -0.2) is 9.55 Å². The van der Waals surface area contributed by atoms with E-state index >= 15 is 0 Å². The van der Waals surface area contributed by atoms with Gasteiger partial charge in [-0.05, 0) is 30.3 Å². The number of fused-ring (bicyclic) bond motifs is 4. The highest BCUT2D eigenvalue weighted by Gasteiger charge is 2.15. The molecule has 4 aromatic rings. The second-order valence-electron chi connectivity index (χ2n) is 5.06. The van der Waals surface area contributed by atoms with Gasteiger partial charge >= 0.3 is 0 Å². The highest BCUT2D eigenvalue weighted by atomic mass is 16.5. The average molecular weight is 263 g/mol. The average Bonchev–Trinajstić information content (AvgIpc) is 2.86. The Morgan fingerprint density at radius 3 is 2.70 bits per heavy atom. The summed E-state index contributed by atoms with van der Waals surface area (Å²) in [5.41, 5.74) is 3.45. The number of hydrogen-bond acceptors (Lipinski definition) is 1. The maximum absolute atomic E-state index is 5.32. The van der Waals surface area contributed by atoms with Crippen LogP contribution in [0.4, 0.5) is 0 Å². The lowest BCUT2D eigenvalue weighted by Crippen LogP contribution is -2.30. The number of aryl methyl sites for hydroxylation is 1. The first-order chi connectivity index (χ1) is 9.78. The minimum atomic E-state index is 0.878. The summed E-state index contributed by atoms with van der Waals surface area (Å²) < 4.78 is 7.51. The van der Waals surface area contributed by atoms with Crippen LogP contribution in [0.1, 0.15) is 0 Å². The van der Waals surface area contributed by atoms with E-state index in [1.807, 2.05) is 6.07 Å². The first-order valence-electron chi connectivity index (χ1n) is 6.65. The van der Waals surface area contributed by atoms with Crippen LogP contribution in [0.5, 0.6) is 5.75 Å². The Kier molecular flexibility index (Phi) is 2.24. The number of hydrogen-bond donors (Lipinski definition) is 1. The molecule has 0 aliphatic heterocycles. The third-order valence-electron chi connectivity index (χ3n) is 3.96. The lowest BCUT2D eigenvalue weighted by atomic mass is 10.1. The molecule has 2 heterocycles. The number of pyridine rings is 1. The molecular weight excluding hydrogens is 248 g/mol. The van der Waals surface area contributed by atoms with Crippen molar-refractivity contribution in [3.8, 4) is 5.75 Å². The van der Waals surface area contributed by atoms with Crippen LogP contribution < -0.4 is 9.30 Å². The molecule has 0 aliphatic carbocycles. The monoisotopic (exact) mass is 263 g/mol. The summed E-state index contributed by atoms with van der Waals surface area (Å²) in [5, 5.41) is 3.72. The highest BCUT2D eigenvalue weighted by Crippen LogP contribution is 2.27. The summed E-state index contributed by atoms with van der Waals surface area (Å²) in [5.74, 6) is 0.878. The lowest BCUT2D eigenvalue weighted by molar-refractivity contribution is -0.619. The second kappa shape index (κ2) is 3.97. The van der Waals surface area contributed by atoms with Crippen molar-refractivity contribution in [2.45, 2.75) is 0 Å². The maximum atomic E-state index is 5.32. The van der Waals surface area contributed by atoms with Gasteiger partial charge < -0.3 is 4.74 Å². The van der Waals surface area contributed by atoms with Crippen LogP contribution >= 0.6 is 0 Å². The number of ether oxygens (including phenoxy) is 1. The smallest absolute Gasteiger partial charge is 0.287 e. The fourth-order valence-corrected chi connectivity index (χ4v) is 2.90. The van der Waals surface area contributed by atoms with Gasteiger partial charge in [-0.3, -0.25) is 0 Å². The van der Waals surface area contributed by atoms with Crippen LogP contribution in [0, 0.1) is 0 Å². The number of aromatic amines is 1. The third-order valence-corrected chi connectivity index (χ3v) is 3.96. The van der Waals surface area contributed by atoms with Crippen molar-refractivity contribution in [1.82, 2.24) is 4.98 Å². The van der Waals surface area contributed by atoms with Crippen molar-refractivity contribution < 1.29 is 9.30 Å². The first kappa shape index (κ1) is 11.3. The standard InChI is InChI=1S/C17H14N2O/c1-19-16-10-12(20-2)8-7-11(16)9-14-13-5-3-4-6-15(13)18-17(14)19/h3-10H,1-2H3/p+1. The molecule has 0 spiro atoms. The number of para-hydroxylation sites is 1. The van der Waals surface area contributed by atoms with Crippen LogP contribution in [0.15, 0.2) is 48.5 Å². The van der Waals surface area contributed by atoms with Gasteiger partial charge in [0, 0.05) is 16.8 Å². The summed E-state index contributed by atoms with van der Waals surface area (Å²) in [7, 11) is 3.78. The van der Waals surface area contributed by atoms with Crippen molar-refractivity contribution in [3.63, 3.8) is 0 Å². The van der Waals surface area contributed by atoms with Crippen molar-refractivity contribution in [2.75, 3.05) is 7.11 Å². The van der Waals surface area contributed by atoms with Crippen molar-refractivity contribution in [2.24, 2.45) is 7.05 Å². The Hall–Kier alpha value is -2.55. The molecule has 0 atom stereocenters. The number of methoxy groups -OCH3 is 1. The molecule has 98 valence electrons. The van der Waals surface area contributed by atoms with E-state index in [9.17, 15) is 0 Å². The van der Waals surface area contributed by atoms with Crippen LogP contribution in [0.25, 0.3) is 32.8 Å². The summed E-state index contributed by atoms with van der Waals surface area (Å²) in [6.45, 7) is 0. The fraction of sp³-hybridized carbons (Fsp3) is 0.118. The minimum Gasteiger partial charge on any atom is -0.497 e. The number of nitrogens with zero attached hydrogens (tertiary/aromatic N) is 1. The number of aromatic nitrogens is 2. The largest absolute Gasteiger partial charge is 0.497 e. The Labute approximate surface area is 116 Å². The Morgan fingerprint density at radius 2 is 1.85 bits per heavy atom. The van der Waals surface area contributed by atoms with Crippen molar-refractivity contribution >= 4 is 32.8 Å². The van der Waals surface area contributed by atoms with E-state index in [0.29, 0.717) is 0 Å². The van der Waals surface area contributed by atoms with Gasteiger partial charge in [-0.15, -0.1) is 0 Å². The van der Waals surface area contributed by atoms with Crippen LogP contribution in [0.3, 0.4) is 0 Å². The predicted octanol–water partition coefficient (Wildman–Crippen LogP) is 3.31. The molecule has 0 fully saturated rings. The van der Waals surface area contributed by atoms with Gasteiger partial charge in [0.05, 0.1) is 19.5 Å². The van der Waals surface area contributed by atoms with E-state index in [2.05, 4.69) is 59.1 Å². The first-order valence-corrected chi connectivity index (χ1v) is 6.65. The van der Waals surface area contributed by atoms with Gasteiger partial charge in [-0.1, -0.05) is 12.1 Å². The van der Waals surface area contributed by atoms with Gasteiger partial charge in [-0.2, -0.15) is 0 Å². The summed E-state index contributed by atoms with van der Waals surface area (Å²) >= 11 is 0. The molecule has 0 aliphatic rings. The lowest BCUT2D eigenvalue weighted by Gasteiger charge is -2.04. The number of benzene rings is 2. The third kappa shape index (κ3) is 1.43. The Morgan fingerprint density at radius 1 is 1.00 bits per heavy atom. The van der Waals surface area contributed by atoms with Crippen molar-refractivity contribution in [3.05, 3.63) is 48.5 Å². The van der Waals surface area contributed by atoms with Gasteiger partial charge in [0.15, 0.2) is 0 Å². The zero-order chi connectivity index (χ0) is 13.7. The topological polar surface area (TPSA) is 28.9 Å². The van der Waals surface area contributed by atoms with E-state index in [1.165, 1.54) is 21.7 Å². The second-order valence-corrected chi connectivity index (χ2v) is 5.06. The molecule has 0 radical (unpaired) electrons. The molecule has 20 heavy (non-hydrogen) atoms. The van der Waals surface area contributed by atoms with Crippen LogP contribution in [0.2, 0.25) is 0 Å². The molecule has 3 heteroatoms. The SMILES string of the molecule is COc1ccc2cc3c4ccccc4[nH]c3[n+](C)c2c1. The van der Waals surface area contributed by atoms with E-state index in [4.69, 9.17) is 4.74 Å². The minimum absolute atomic E-state index is 0.878. The van der Waals surface area contributed by atoms with Crippen LogP contribution in [-0.2, 0) is 7.05 Å². The summed E-state index contributed by atoms with van der Waals surface area (Å²) in [6, 6.07) is 16.8. The highest BCUT2D eigenvalue weighted by molar-refractivity contribution is 6.07. The van der Waals surface area contributed by atoms with E-state index in [-0.39, 0.29) is 0 Å². The van der Waals surface area contributed by atoms with E-state index in [1.54, 1.807) is 7.11 Å². The number of H-pyrrole nitrogens is 1. The molecule has 0 bridgehead atoms. The quantitative estimate of drug-likeness (QED) is 0.524. The zero-order valence-electron chi connectivity index (χ0n) is 11.5. The molecule has 0 saturated heterocycles. The molecule has 4 rings (SSSR count). The fourth-order valence-electron chi connectivity index (χ4n) is 2.90. The van der Waals surface area contributed by atoms with Gasteiger partial charge in [0.2, 0.25) is 0 Å². The molecule has 1 N–H and O–H groups in total. The molecule has 0 amide bonds. The molecule has 2 aromatic carbocycles. The van der Waals surface area contributed by atoms with Gasteiger partial charge in [0.1, 0.15) is 16.8 Å². The Bertz CT molecular complexity index is 953. The Balaban J connectivity index is 2.21. The molecule has 0 unspecified atom stereocenters. The zero-order valence-corrected chi connectivity index (χ0v) is 11.5. The van der Waals surface area contributed by atoms with Crippen molar-refractivity contribution in [1.29, 1.82) is 0 Å². The van der Waals surface area contributed by atoms with Crippen LogP contribution in [-0.4, -0.2) is 12.1 Å². The number of rotatable bonds is 1. The molecule has 2 aromatic heterocycles.